The van der Waals surface area contributed by atoms with Crippen LogP contribution in [-0.2, 0) is 16.8 Å². The van der Waals surface area contributed by atoms with Crippen molar-refractivity contribution in [2.45, 2.75) is 50.2 Å². The number of hydrogen-bond acceptors (Lipinski definition) is 5. The van der Waals surface area contributed by atoms with Gasteiger partial charge in [-0.1, -0.05) is 36.4 Å². The number of halogens is 1. The van der Waals surface area contributed by atoms with Crippen LogP contribution in [0.25, 0.3) is 0 Å². The Bertz CT molecular complexity index is 962. The first kappa shape index (κ1) is 24.4. The highest BCUT2D eigenvalue weighted by molar-refractivity contribution is 14.1. The lowest BCUT2D eigenvalue weighted by Crippen LogP contribution is -2.47. The van der Waals surface area contributed by atoms with Gasteiger partial charge in [-0.15, -0.1) is 0 Å². The molecule has 7 heteroatoms. The summed E-state index contributed by atoms with van der Waals surface area (Å²) in [5, 5.41) is 23.2. The van der Waals surface area contributed by atoms with Gasteiger partial charge in [0.15, 0.2) is 0 Å². The number of aliphatic hydroxyl groups excluding tert-OH is 1. The van der Waals surface area contributed by atoms with Crippen LogP contribution in [0.2, 0.25) is 0 Å². The molecule has 4 rings (SSSR count). The quantitative estimate of drug-likeness (QED) is 0.316. The number of hydrogen-bond donors (Lipinski definition) is 3. The summed E-state index contributed by atoms with van der Waals surface area (Å²) in [6.07, 6.45) is 3.63. The van der Waals surface area contributed by atoms with Gasteiger partial charge in [-0.3, -0.25) is 9.69 Å². The zero-order valence-corrected chi connectivity index (χ0v) is 21.3. The van der Waals surface area contributed by atoms with Crippen molar-refractivity contribution in [3.8, 4) is 5.75 Å². The number of carbonyl (C=O) groups excluding carboxylic acids is 1. The molecule has 0 radical (unpaired) electrons. The minimum absolute atomic E-state index is 0.0342. The number of piperidine rings is 1. The van der Waals surface area contributed by atoms with E-state index < -0.39 is 11.0 Å². The minimum Gasteiger partial charge on any atom is -0.483 e. The molecule has 2 aliphatic rings. The zero-order valence-electron chi connectivity index (χ0n) is 19.1. The Kier molecular flexibility index (Phi) is 7.63. The first-order valence-corrected chi connectivity index (χ1v) is 13.1. The maximum Gasteiger partial charge on any atom is 0.235 e. The number of nitrogens with zero attached hydrogens (tertiary/aromatic N) is 1. The van der Waals surface area contributed by atoms with Gasteiger partial charge >= 0.3 is 0 Å². The molecule has 0 unspecified atom stereocenters. The van der Waals surface area contributed by atoms with Crippen LogP contribution in [0.1, 0.15) is 43.7 Å². The Morgan fingerprint density at radius 2 is 2.03 bits per heavy atom. The van der Waals surface area contributed by atoms with E-state index in [1.54, 1.807) is 6.92 Å². The molecule has 1 saturated heterocycles. The molecule has 6 nitrogen and oxygen atoms in total. The lowest BCUT2D eigenvalue weighted by Gasteiger charge is -2.39. The van der Waals surface area contributed by atoms with Crippen molar-refractivity contribution < 1.29 is 19.7 Å². The summed E-state index contributed by atoms with van der Waals surface area (Å²) >= 11 is 2.18. The van der Waals surface area contributed by atoms with E-state index in [0.717, 1.165) is 61.3 Å². The van der Waals surface area contributed by atoms with Gasteiger partial charge in [0, 0.05) is 36.3 Å². The smallest absolute Gasteiger partial charge is 0.235 e. The maximum absolute atomic E-state index is 13.1. The van der Waals surface area contributed by atoms with Gasteiger partial charge in [-0.05, 0) is 73.4 Å². The third kappa shape index (κ3) is 5.53. The fourth-order valence-electron chi connectivity index (χ4n) is 4.81. The second-order valence-electron chi connectivity index (χ2n) is 9.57. The molecule has 1 saturated carbocycles. The number of aliphatic hydroxyl groups is 2. The predicted molar refractivity (Wildman–Crippen MR) is 138 cm³/mol. The van der Waals surface area contributed by atoms with Crippen LogP contribution in [0.15, 0.2) is 48.5 Å². The highest BCUT2D eigenvalue weighted by Gasteiger charge is 2.51. The zero-order chi connectivity index (χ0) is 23.5. The molecule has 3 N–H and O–H groups in total. The molecular weight excluding hydrogens is 531 g/mol. The molecule has 0 bridgehead atoms. The Labute approximate surface area is 209 Å². The Hall–Kier alpha value is -1.68. The number of amides is 1. The molecule has 2 aromatic rings. The number of rotatable bonds is 9. The van der Waals surface area contributed by atoms with Gasteiger partial charge in [-0.25, -0.2) is 0 Å². The first-order valence-electron chi connectivity index (χ1n) is 11.6. The van der Waals surface area contributed by atoms with Crippen LogP contribution in [0.4, 0.5) is 5.69 Å². The van der Waals surface area contributed by atoms with Crippen molar-refractivity contribution in [2.24, 2.45) is 5.92 Å². The average molecular weight is 564 g/mol. The third-order valence-electron chi connectivity index (χ3n) is 7.15. The van der Waals surface area contributed by atoms with Crippen LogP contribution in [-0.4, -0.2) is 50.9 Å². The summed E-state index contributed by atoms with van der Waals surface area (Å²) in [7, 11) is 0. The Balaban J connectivity index is 1.46. The summed E-state index contributed by atoms with van der Waals surface area (Å²) in [5.74, 6) is 0.839. The summed E-state index contributed by atoms with van der Waals surface area (Å²) in [4.78, 5) is 15.4. The average Bonchev–Trinajstić information content (AvgIpc) is 3.64. The van der Waals surface area contributed by atoms with Crippen LogP contribution in [0.3, 0.4) is 0 Å². The van der Waals surface area contributed by atoms with Gasteiger partial charge in [0.2, 0.25) is 5.91 Å². The topological polar surface area (TPSA) is 82.0 Å². The summed E-state index contributed by atoms with van der Waals surface area (Å²) in [5.41, 5.74) is 1.38. The summed E-state index contributed by atoms with van der Waals surface area (Å²) in [6, 6.07) is 15.9. The highest BCUT2D eigenvalue weighted by atomic mass is 127. The van der Waals surface area contributed by atoms with Crippen molar-refractivity contribution >= 4 is 34.2 Å². The van der Waals surface area contributed by atoms with Crippen molar-refractivity contribution in [3.05, 3.63) is 59.7 Å². The van der Waals surface area contributed by atoms with E-state index in [1.165, 1.54) is 0 Å². The number of nitrogens with one attached hydrogen (secondary N) is 1. The van der Waals surface area contributed by atoms with Crippen molar-refractivity contribution in [1.82, 2.24) is 4.90 Å². The van der Waals surface area contributed by atoms with Gasteiger partial charge in [0.25, 0.3) is 0 Å². The van der Waals surface area contributed by atoms with E-state index in [4.69, 9.17) is 4.74 Å². The molecular formula is C26H33IN2O4. The fourth-order valence-corrected chi connectivity index (χ4v) is 5.15. The van der Waals surface area contributed by atoms with Gasteiger partial charge in [0.05, 0.1) is 17.6 Å². The third-order valence-corrected chi connectivity index (χ3v) is 7.46. The van der Waals surface area contributed by atoms with Crippen LogP contribution < -0.4 is 10.1 Å². The normalized spacial score (nSPS) is 21.8. The van der Waals surface area contributed by atoms with Gasteiger partial charge in [0.1, 0.15) is 10.4 Å². The number of ether oxygens (including phenoxy) is 1. The number of likely N-dealkylation sites (tertiary alicyclic amines) is 1. The molecule has 1 aliphatic carbocycles. The second-order valence-corrected chi connectivity index (χ2v) is 10.2. The van der Waals surface area contributed by atoms with E-state index in [0.29, 0.717) is 11.2 Å². The SMILES string of the molecule is C[C@@](O)(CO)[C@H]1CCCN(Cc2ccc(NC(=O)C3(c4ccccc4)CC3)cc2OCI)C1. The molecule has 1 heterocycles. The van der Waals surface area contributed by atoms with E-state index in [9.17, 15) is 15.0 Å². The van der Waals surface area contributed by atoms with E-state index >= 15 is 0 Å². The van der Waals surface area contributed by atoms with Crippen LogP contribution >= 0.6 is 22.6 Å². The number of anilines is 1. The first-order chi connectivity index (χ1) is 15.9. The molecule has 2 atom stereocenters. The number of carbonyl (C=O) groups is 1. The standard InChI is InChI=1S/C26H33IN2O4/c1-25(32,17-30)21-8-5-13-29(16-21)15-19-9-10-22(14-23(19)33-18-27)28-24(31)26(11-12-26)20-6-3-2-4-7-20/h2-4,6-7,9-10,14,21,30,32H,5,8,11-13,15-18H2,1H3,(H,28,31)/t21-,25+/m0/s1. The Morgan fingerprint density at radius 1 is 1.27 bits per heavy atom. The van der Waals surface area contributed by atoms with E-state index in [-0.39, 0.29) is 18.4 Å². The lowest BCUT2D eigenvalue weighted by atomic mass is 9.83. The predicted octanol–water partition coefficient (Wildman–Crippen LogP) is 4.08. The van der Waals surface area contributed by atoms with Gasteiger partial charge in [-0.2, -0.15) is 0 Å². The Morgan fingerprint density at radius 3 is 2.70 bits per heavy atom. The number of alkyl halides is 1. The summed E-state index contributed by atoms with van der Waals surface area (Å²) in [6.45, 7) is 3.86. The molecule has 2 fully saturated rings. The van der Waals surface area contributed by atoms with E-state index in [2.05, 4.69) is 32.8 Å². The maximum atomic E-state index is 13.1. The van der Waals surface area contributed by atoms with E-state index in [1.807, 2.05) is 48.5 Å². The molecule has 1 aliphatic heterocycles. The fraction of sp³-hybridized carbons (Fsp3) is 0.500. The lowest BCUT2D eigenvalue weighted by molar-refractivity contribution is -0.118. The molecule has 178 valence electrons. The van der Waals surface area contributed by atoms with Crippen molar-refractivity contribution in [3.63, 3.8) is 0 Å². The van der Waals surface area contributed by atoms with Crippen LogP contribution in [0, 0.1) is 5.92 Å². The van der Waals surface area contributed by atoms with Crippen molar-refractivity contribution in [1.29, 1.82) is 0 Å². The molecule has 33 heavy (non-hydrogen) atoms. The van der Waals surface area contributed by atoms with Crippen molar-refractivity contribution in [2.75, 3.05) is 29.6 Å². The van der Waals surface area contributed by atoms with Gasteiger partial charge < -0.3 is 20.3 Å². The monoisotopic (exact) mass is 564 g/mol. The molecule has 0 aromatic heterocycles. The number of benzene rings is 2. The molecule has 1 amide bonds. The highest BCUT2D eigenvalue weighted by Crippen LogP contribution is 2.49. The minimum atomic E-state index is -1.06. The van der Waals surface area contributed by atoms with Crippen LogP contribution in [0.5, 0.6) is 5.75 Å². The molecule has 0 spiro atoms. The summed E-state index contributed by atoms with van der Waals surface area (Å²) < 4.78 is 6.43. The molecule has 2 aromatic carbocycles. The second kappa shape index (κ2) is 10.3. The largest absolute Gasteiger partial charge is 0.483 e.